The maximum atomic E-state index is 13.6. The minimum Gasteiger partial charge on any atom is -0.477 e. The third kappa shape index (κ3) is 6.43. The molecule has 0 saturated carbocycles. The van der Waals surface area contributed by atoms with Crippen LogP contribution in [0.2, 0.25) is 0 Å². The number of hydrogen-bond donors (Lipinski definition) is 1. The zero-order valence-corrected chi connectivity index (χ0v) is 17.9. The highest BCUT2D eigenvalue weighted by Crippen LogP contribution is 2.53. The largest absolute Gasteiger partial charge is 0.477 e. The first-order valence-corrected chi connectivity index (χ1v) is 10.6. The molecule has 0 fully saturated rings. The predicted molar refractivity (Wildman–Crippen MR) is 107 cm³/mol. The summed E-state index contributed by atoms with van der Waals surface area (Å²) >= 11 is 0.216. The van der Waals surface area contributed by atoms with Crippen LogP contribution in [0.25, 0.3) is 0 Å². The fourth-order valence-corrected chi connectivity index (χ4v) is 3.55. The normalized spacial score (nSPS) is 12.4. The van der Waals surface area contributed by atoms with Crippen LogP contribution >= 0.6 is 23.5 Å². The molecule has 180 valence electrons. The second-order valence-electron chi connectivity index (χ2n) is 6.15. The van der Waals surface area contributed by atoms with Gasteiger partial charge >= 0.3 is 23.0 Å². The Morgan fingerprint density at radius 1 is 1.06 bits per heavy atom. The van der Waals surface area contributed by atoms with Crippen LogP contribution in [0, 0.1) is 10.1 Å². The molecular weight excluding hydrogens is 505 g/mol. The van der Waals surface area contributed by atoms with E-state index in [1.54, 1.807) is 6.26 Å². The first-order valence-electron chi connectivity index (χ1n) is 8.54. The lowest BCUT2D eigenvalue weighted by molar-refractivity contribution is -0.386. The highest BCUT2D eigenvalue weighted by molar-refractivity contribution is 8.00. The standard InChI is InChI=1S/C18H13F7N2O4S2/c1-32-11-5-6-14(13(8-11)27(29)30)31-9-15(28)26-10-3-2-4-12(7-10)33-18(24,25)16(19,20)17(21,22)23/h2-8H,9H2,1H3,(H,26,28). The Hall–Kier alpha value is -2.68. The molecule has 0 bridgehead atoms. The van der Waals surface area contributed by atoms with Gasteiger partial charge in [-0.05, 0) is 48.3 Å². The number of rotatable bonds is 9. The number of alkyl halides is 7. The fraction of sp³-hybridized carbons (Fsp3) is 0.278. The van der Waals surface area contributed by atoms with E-state index in [4.69, 9.17) is 4.74 Å². The molecule has 0 spiro atoms. The smallest absolute Gasteiger partial charge is 0.460 e. The molecule has 2 rings (SSSR count). The van der Waals surface area contributed by atoms with Crippen molar-refractivity contribution in [2.75, 3.05) is 18.2 Å². The number of thioether (sulfide) groups is 2. The van der Waals surface area contributed by atoms with Crippen molar-refractivity contribution in [3.8, 4) is 5.75 Å². The molecule has 1 amide bonds. The van der Waals surface area contributed by atoms with Crippen LogP contribution in [-0.2, 0) is 4.79 Å². The number of benzene rings is 2. The Balaban J connectivity index is 2.08. The molecule has 0 radical (unpaired) electrons. The topological polar surface area (TPSA) is 81.5 Å². The Labute approximate surface area is 190 Å². The number of nitro benzene ring substituents is 1. The van der Waals surface area contributed by atoms with Crippen LogP contribution in [0.15, 0.2) is 52.3 Å². The van der Waals surface area contributed by atoms with Crippen molar-refractivity contribution in [1.82, 2.24) is 0 Å². The fourth-order valence-electron chi connectivity index (χ4n) is 2.24. The number of carbonyl (C=O) groups is 1. The Morgan fingerprint density at radius 3 is 2.30 bits per heavy atom. The van der Waals surface area contributed by atoms with E-state index >= 15 is 0 Å². The number of nitro groups is 1. The highest BCUT2D eigenvalue weighted by atomic mass is 32.2. The van der Waals surface area contributed by atoms with Gasteiger partial charge in [0.15, 0.2) is 12.4 Å². The molecule has 0 aromatic heterocycles. The van der Waals surface area contributed by atoms with E-state index in [0.717, 1.165) is 24.3 Å². The van der Waals surface area contributed by atoms with Gasteiger partial charge in [0.1, 0.15) is 0 Å². The summed E-state index contributed by atoms with van der Waals surface area (Å²) in [6.45, 7) is -0.737. The van der Waals surface area contributed by atoms with Crippen molar-refractivity contribution in [3.63, 3.8) is 0 Å². The second kappa shape index (κ2) is 10.1. The number of carbonyl (C=O) groups excluding carboxylic acids is 1. The first kappa shape index (κ1) is 26.6. The molecule has 0 heterocycles. The summed E-state index contributed by atoms with van der Waals surface area (Å²) in [6, 6.07) is 7.85. The Kier molecular flexibility index (Phi) is 8.11. The van der Waals surface area contributed by atoms with Gasteiger partial charge in [-0.25, -0.2) is 0 Å². The molecule has 0 aliphatic heterocycles. The molecule has 2 aromatic rings. The lowest BCUT2D eigenvalue weighted by Crippen LogP contribution is -2.49. The van der Waals surface area contributed by atoms with Crippen LogP contribution < -0.4 is 10.1 Å². The van der Waals surface area contributed by atoms with Gasteiger partial charge in [-0.15, -0.1) is 11.8 Å². The van der Waals surface area contributed by atoms with E-state index in [1.807, 2.05) is 0 Å². The van der Waals surface area contributed by atoms with Crippen LogP contribution in [0.3, 0.4) is 0 Å². The number of anilines is 1. The highest BCUT2D eigenvalue weighted by Gasteiger charge is 2.73. The van der Waals surface area contributed by atoms with Gasteiger partial charge in [0, 0.05) is 21.5 Å². The maximum Gasteiger partial charge on any atom is 0.460 e. The molecular formula is C18H13F7N2O4S2. The average molecular weight is 518 g/mol. The van der Waals surface area contributed by atoms with Crippen LogP contribution in [0.5, 0.6) is 5.75 Å². The van der Waals surface area contributed by atoms with Gasteiger partial charge in [-0.3, -0.25) is 14.9 Å². The third-order valence-corrected chi connectivity index (χ3v) is 5.53. The molecule has 2 aromatic carbocycles. The Morgan fingerprint density at radius 2 is 1.73 bits per heavy atom. The van der Waals surface area contributed by atoms with Crippen LogP contribution in [-0.4, -0.2) is 41.0 Å². The van der Waals surface area contributed by atoms with Crippen LogP contribution in [0.4, 0.5) is 42.1 Å². The minimum atomic E-state index is -6.47. The zero-order chi connectivity index (χ0) is 25.0. The van der Waals surface area contributed by atoms with E-state index in [2.05, 4.69) is 5.32 Å². The quantitative estimate of drug-likeness (QED) is 0.184. The number of halogens is 7. The summed E-state index contributed by atoms with van der Waals surface area (Å²) in [4.78, 5) is 22.4. The van der Waals surface area contributed by atoms with E-state index in [-0.39, 0.29) is 11.4 Å². The van der Waals surface area contributed by atoms with Crippen molar-refractivity contribution in [3.05, 3.63) is 52.6 Å². The number of ether oxygens (including phenoxy) is 1. The molecule has 0 saturated heterocycles. The molecule has 0 atom stereocenters. The van der Waals surface area contributed by atoms with Gasteiger partial charge in [0.05, 0.1) is 4.92 Å². The molecule has 1 N–H and O–H groups in total. The van der Waals surface area contributed by atoms with Crippen LogP contribution in [0.1, 0.15) is 0 Å². The van der Waals surface area contributed by atoms with E-state index < -0.39 is 57.1 Å². The monoisotopic (exact) mass is 518 g/mol. The average Bonchev–Trinajstić information content (AvgIpc) is 2.71. The second-order valence-corrected chi connectivity index (χ2v) is 8.21. The number of hydrogen-bond acceptors (Lipinski definition) is 6. The first-order chi connectivity index (χ1) is 15.2. The number of nitrogens with one attached hydrogen (secondary N) is 1. The van der Waals surface area contributed by atoms with Crippen molar-refractivity contribution in [1.29, 1.82) is 0 Å². The van der Waals surface area contributed by atoms with E-state index in [1.165, 1.54) is 30.0 Å². The molecule has 0 unspecified atom stereocenters. The molecule has 0 aliphatic rings. The number of nitrogens with zero attached hydrogens (tertiary/aromatic N) is 1. The SMILES string of the molecule is CSc1ccc(OCC(=O)Nc2cccc(SC(F)(F)C(F)(F)C(F)(F)F)c2)c([N+](=O)[O-])c1. The zero-order valence-electron chi connectivity index (χ0n) is 16.3. The summed E-state index contributed by atoms with van der Waals surface area (Å²) in [5.41, 5.74) is -0.604. The summed E-state index contributed by atoms with van der Waals surface area (Å²) in [7, 11) is 0. The van der Waals surface area contributed by atoms with E-state index in [9.17, 15) is 45.6 Å². The molecule has 33 heavy (non-hydrogen) atoms. The lowest BCUT2D eigenvalue weighted by Gasteiger charge is -2.27. The van der Waals surface area contributed by atoms with Crippen molar-refractivity contribution >= 4 is 40.8 Å². The summed E-state index contributed by atoms with van der Waals surface area (Å²) in [5, 5.41) is 7.80. The van der Waals surface area contributed by atoms with Gasteiger partial charge in [-0.1, -0.05) is 6.07 Å². The van der Waals surface area contributed by atoms with Gasteiger partial charge in [0.2, 0.25) is 0 Å². The Bertz CT molecular complexity index is 1040. The maximum absolute atomic E-state index is 13.6. The summed E-state index contributed by atoms with van der Waals surface area (Å²) < 4.78 is 95.2. The predicted octanol–water partition coefficient (Wildman–Crippen LogP) is 6.22. The third-order valence-electron chi connectivity index (χ3n) is 3.81. The number of amides is 1. The van der Waals surface area contributed by atoms with E-state index in [0.29, 0.717) is 4.90 Å². The van der Waals surface area contributed by atoms with Crippen molar-refractivity contribution in [2.45, 2.75) is 27.1 Å². The minimum absolute atomic E-state index is 0.202. The lowest BCUT2D eigenvalue weighted by atomic mass is 10.3. The molecule has 0 aliphatic carbocycles. The van der Waals surface area contributed by atoms with Crippen molar-refractivity contribution in [2.24, 2.45) is 0 Å². The summed E-state index contributed by atoms with van der Waals surface area (Å²) in [6.07, 6.45) is -4.77. The molecule has 6 nitrogen and oxygen atoms in total. The van der Waals surface area contributed by atoms with Gasteiger partial charge < -0.3 is 10.1 Å². The molecule has 15 heteroatoms. The van der Waals surface area contributed by atoms with Gasteiger partial charge in [0.25, 0.3) is 5.91 Å². The van der Waals surface area contributed by atoms with Crippen molar-refractivity contribution < 1.29 is 45.2 Å². The summed E-state index contributed by atoms with van der Waals surface area (Å²) in [5.74, 6) is -7.41. The van der Waals surface area contributed by atoms with Gasteiger partial charge in [-0.2, -0.15) is 30.7 Å².